The van der Waals surface area contributed by atoms with Crippen LogP contribution in [0.4, 0.5) is 5.69 Å². The summed E-state index contributed by atoms with van der Waals surface area (Å²) in [6, 6.07) is 14.5. The lowest BCUT2D eigenvalue weighted by Crippen LogP contribution is -2.41. The van der Waals surface area contributed by atoms with Crippen LogP contribution in [0, 0.1) is 0 Å². The second-order valence-corrected chi connectivity index (χ2v) is 8.02. The van der Waals surface area contributed by atoms with E-state index in [-0.39, 0.29) is 11.9 Å². The number of aromatic nitrogens is 3. The SMILES string of the molecule is CCc1nnc2n1N[C@H](c1ccc(Cl)cc1)[C@H](C(=O)Nc1ccccc1OC)S2. The highest BCUT2D eigenvalue weighted by Gasteiger charge is 2.37. The summed E-state index contributed by atoms with van der Waals surface area (Å²) >= 11 is 7.44. The van der Waals surface area contributed by atoms with E-state index >= 15 is 0 Å². The van der Waals surface area contributed by atoms with Crippen molar-refractivity contribution in [1.82, 2.24) is 14.9 Å². The molecule has 2 aromatic carbocycles. The quantitative estimate of drug-likeness (QED) is 0.640. The van der Waals surface area contributed by atoms with E-state index < -0.39 is 5.25 Å². The number of hydrogen-bond donors (Lipinski definition) is 2. The number of benzene rings is 2. The molecular formula is C20H20ClN5O2S. The number of carbonyl (C=O) groups is 1. The summed E-state index contributed by atoms with van der Waals surface area (Å²) in [6.45, 7) is 2.02. The van der Waals surface area contributed by atoms with Crippen molar-refractivity contribution < 1.29 is 9.53 Å². The molecule has 0 radical (unpaired) electrons. The maximum absolute atomic E-state index is 13.3. The lowest BCUT2D eigenvalue weighted by Gasteiger charge is -2.33. The van der Waals surface area contributed by atoms with Gasteiger partial charge in [0.2, 0.25) is 11.1 Å². The lowest BCUT2D eigenvalue weighted by atomic mass is 10.0. The fraction of sp³-hybridized carbons (Fsp3) is 0.250. The van der Waals surface area contributed by atoms with E-state index in [0.717, 1.165) is 17.8 Å². The van der Waals surface area contributed by atoms with Crippen molar-refractivity contribution in [3.8, 4) is 5.75 Å². The first-order chi connectivity index (χ1) is 14.1. The van der Waals surface area contributed by atoms with Crippen LogP contribution in [-0.4, -0.2) is 33.1 Å². The molecule has 7 nitrogen and oxygen atoms in total. The van der Waals surface area contributed by atoms with Crippen molar-refractivity contribution in [3.63, 3.8) is 0 Å². The van der Waals surface area contributed by atoms with E-state index in [0.29, 0.717) is 21.6 Å². The van der Waals surface area contributed by atoms with E-state index in [9.17, 15) is 4.79 Å². The Morgan fingerprint density at radius 2 is 2.00 bits per heavy atom. The Balaban J connectivity index is 1.68. The van der Waals surface area contributed by atoms with E-state index in [1.807, 2.05) is 60.1 Å². The molecule has 3 aromatic rings. The first kappa shape index (κ1) is 19.6. The highest BCUT2D eigenvalue weighted by molar-refractivity contribution is 8.00. The average molecular weight is 430 g/mol. The van der Waals surface area contributed by atoms with Gasteiger partial charge in [0, 0.05) is 11.4 Å². The van der Waals surface area contributed by atoms with Crippen LogP contribution in [0.2, 0.25) is 5.02 Å². The van der Waals surface area contributed by atoms with Gasteiger partial charge in [0.15, 0.2) is 5.82 Å². The predicted molar refractivity (Wildman–Crippen MR) is 114 cm³/mol. The van der Waals surface area contributed by atoms with Gasteiger partial charge in [-0.3, -0.25) is 4.79 Å². The molecule has 29 heavy (non-hydrogen) atoms. The van der Waals surface area contributed by atoms with Crippen LogP contribution in [0.5, 0.6) is 5.75 Å². The zero-order valence-corrected chi connectivity index (χ0v) is 17.5. The minimum atomic E-state index is -0.470. The third-order valence-corrected chi connectivity index (χ3v) is 6.14. The fourth-order valence-corrected chi connectivity index (χ4v) is 4.42. The van der Waals surface area contributed by atoms with Crippen LogP contribution < -0.4 is 15.5 Å². The molecule has 2 heterocycles. The van der Waals surface area contributed by atoms with E-state index in [1.54, 1.807) is 7.11 Å². The molecule has 0 spiro atoms. The number of nitrogens with zero attached hydrogens (tertiary/aromatic N) is 3. The number of para-hydroxylation sites is 2. The van der Waals surface area contributed by atoms with Gasteiger partial charge in [-0.15, -0.1) is 10.2 Å². The number of fused-ring (bicyclic) bond motifs is 1. The first-order valence-corrected chi connectivity index (χ1v) is 10.4. The maximum Gasteiger partial charge on any atom is 0.240 e. The Kier molecular flexibility index (Phi) is 5.64. The van der Waals surface area contributed by atoms with E-state index in [2.05, 4.69) is 20.9 Å². The molecule has 1 amide bonds. The highest BCUT2D eigenvalue weighted by atomic mass is 35.5. The standard InChI is InChI=1S/C20H20ClN5O2S/c1-3-16-23-24-20-26(16)25-17(12-8-10-13(21)11-9-12)18(29-20)19(27)22-14-6-4-5-7-15(14)28-2/h4-11,17-18,25H,3H2,1-2H3,(H,22,27)/t17-,18-/m1/s1. The number of anilines is 1. The topological polar surface area (TPSA) is 81.1 Å². The van der Waals surface area contributed by atoms with Crippen molar-refractivity contribution in [2.75, 3.05) is 17.9 Å². The number of rotatable bonds is 5. The monoisotopic (exact) mass is 429 g/mol. The number of halogens is 1. The first-order valence-electron chi connectivity index (χ1n) is 9.17. The second kappa shape index (κ2) is 8.34. The lowest BCUT2D eigenvalue weighted by molar-refractivity contribution is -0.116. The molecule has 2 N–H and O–H groups in total. The van der Waals surface area contributed by atoms with Crippen molar-refractivity contribution >= 4 is 35.0 Å². The van der Waals surface area contributed by atoms with Crippen LogP contribution in [-0.2, 0) is 11.2 Å². The van der Waals surface area contributed by atoms with Gasteiger partial charge in [-0.25, -0.2) is 4.68 Å². The number of methoxy groups -OCH3 is 1. The van der Waals surface area contributed by atoms with Gasteiger partial charge in [0.25, 0.3) is 0 Å². The molecule has 1 aromatic heterocycles. The van der Waals surface area contributed by atoms with Gasteiger partial charge < -0.3 is 15.5 Å². The number of hydrogen-bond acceptors (Lipinski definition) is 6. The van der Waals surface area contributed by atoms with E-state index in [1.165, 1.54) is 11.8 Å². The Morgan fingerprint density at radius 1 is 1.24 bits per heavy atom. The van der Waals surface area contributed by atoms with Gasteiger partial charge in [-0.2, -0.15) is 0 Å². The summed E-state index contributed by atoms with van der Waals surface area (Å²) in [6.07, 6.45) is 0.728. The molecule has 0 fully saturated rings. The minimum Gasteiger partial charge on any atom is -0.495 e. The van der Waals surface area contributed by atoms with Crippen molar-refractivity contribution in [2.45, 2.75) is 29.8 Å². The molecule has 2 atom stereocenters. The van der Waals surface area contributed by atoms with E-state index in [4.69, 9.17) is 16.3 Å². The molecule has 0 bridgehead atoms. The van der Waals surface area contributed by atoms with Gasteiger partial charge in [-0.1, -0.05) is 54.6 Å². The fourth-order valence-electron chi connectivity index (χ4n) is 3.20. The van der Waals surface area contributed by atoms with Crippen molar-refractivity contribution in [2.24, 2.45) is 0 Å². The summed E-state index contributed by atoms with van der Waals surface area (Å²) in [4.78, 5) is 13.3. The van der Waals surface area contributed by atoms with Crippen molar-refractivity contribution in [3.05, 3.63) is 64.9 Å². The molecule has 0 unspecified atom stereocenters. The van der Waals surface area contributed by atoms with Gasteiger partial charge in [-0.05, 0) is 29.8 Å². The summed E-state index contributed by atoms with van der Waals surface area (Å²) in [5, 5.41) is 12.3. The highest BCUT2D eigenvalue weighted by Crippen LogP contribution is 2.38. The molecule has 1 aliphatic heterocycles. The Hall–Kier alpha value is -2.71. The summed E-state index contributed by atoms with van der Waals surface area (Å²) < 4.78 is 7.21. The second-order valence-electron chi connectivity index (χ2n) is 6.47. The largest absolute Gasteiger partial charge is 0.495 e. The summed E-state index contributed by atoms with van der Waals surface area (Å²) in [5.74, 6) is 1.27. The molecule has 4 rings (SSSR count). The maximum atomic E-state index is 13.3. The average Bonchev–Trinajstić information content (AvgIpc) is 3.16. The normalized spacial score (nSPS) is 17.9. The number of ether oxygens (including phenoxy) is 1. The molecule has 0 saturated carbocycles. The van der Waals surface area contributed by atoms with Gasteiger partial charge in [0.05, 0.1) is 18.8 Å². The molecule has 0 saturated heterocycles. The summed E-state index contributed by atoms with van der Waals surface area (Å²) in [7, 11) is 1.58. The zero-order valence-electron chi connectivity index (χ0n) is 15.9. The Morgan fingerprint density at radius 3 is 2.72 bits per heavy atom. The smallest absolute Gasteiger partial charge is 0.240 e. The van der Waals surface area contributed by atoms with Crippen LogP contribution in [0.15, 0.2) is 53.7 Å². The number of amides is 1. The van der Waals surface area contributed by atoms with Crippen molar-refractivity contribution in [1.29, 1.82) is 0 Å². The molecular weight excluding hydrogens is 410 g/mol. The summed E-state index contributed by atoms with van der Waals surface area (Å²) in [5.41, 5.74) is 4.98. The predicted octanol–water partition coefficient (Wildman–Crippen LogP) is 3.90. The third kappa shape index (κ3) is 3.90. The molecule has 0 aliphatic carbocycles. The number of thioether (sulfide) groups is 1. The van der Waals surface area contributed by atoms with Crippen LogP contribution in [0.3, 0.4) is 0 Å². The van der Waals surface area contributed by atoms with Gasteiger partial charge in [0.1, 0.15) is 11.0 Å². The third-order valence-electron chi connectivity index (χ3n) is 4.67. The van der Waals surface area contributed by atoms with Crippen LogP contribution in [0.1, 0.15) is 24.4 Å². The molecule has 9 heteroatoms. The minimum absolute atomic E-state index is 0.153. The number of nitrogens with one attached hydrogen (secondary N) is 2. The van der Waals surface area contributed by atoms with Crippen LogP contribution in [0.25, 0.3) is 0 Å². The van der Waals surface area contributed by atoms with Crippen LogP contribution >= 0.6 is 23.4 Å². The van der Waals surface area contributed by atoms with Gasteiger partial charge >= 0.3 is 0 Å². The number of aryl methyl sites for hydroxylation is 1. The molecule has 1 aliphatic rings. The molecule has 150 valence electrons. The Bertz CT molecular complexity index is 1020. The zero-order chi connectivity index (χ0) is 20.4. The Labute approximate surface area is 177 Å². The number of carbonyl (C=O) groups excluding carboxylic acids is 1.